The van der Waals surface area contributed by atoms with Gasteiger partial charge in [-0.05, 0) is 24.6 Å². The molecule has 124 valence electrons. The summed E-state index contributed by atoms with van der Waals surface area (Å²) in [6.45, 7) is 4.10. The number of benzene rings is 1. The standard InChI is InChI=1S/C16H20BrN3O3/c1-2-23-16(22)20-11-9-19(10-12-20)15(21)18-8-7-13-5-3-4-6-14(13)17/h3-8H,2,9-12H2,1H3,(H,18,21)/b8-7+. The van der Waals surface area contributed by atoms with Gasteiger partial charge in [0.15, 0.2) is 0 Å². The monoisotopic (exact) mass is 381 g/mol. The molecular weight excluding hydrogens is 362 g/mol. The molecule has 1 heterocycles. The van der Waals surface area contributed by atoms with Crippen molar-refractivity contribution >= 4 is 34.1 Å². The smallest absolute Gasteiger partial charge is 0.409 e. The second-order valence-electron chi connectivity index (χ2n) is 4.98. The molecule has 2 rings (SSSR count). The zero-order chi connectivity index (χ0) is 16.7. The lowest BCUT2D eigenvalue weighted by Crippen LogP contribution is -2.52. The molecule has 6 nitrogen and oxygen atoms in total. The quantitative estimate of drug-likeness (QED) is 0.875. The van der Waals surface area contributed by atoms with Crippen LogP contribution in [-0.2, 0) is 4.74 Å². The van der Waals surface area contributed by atoms with Gasteiger partial charge in [0.2, 0.25) is 0 Å². The maximum Gasteiger partial charge on any atom is 0.409 e. The second-order valence-corrected chi connectivity index (χ2v) is 5.83. The number of halogens is 1. The summed E-state index contributed by atoms with van der Waals surface area (Å²) in [6, 6.07) is 7.59. The minimum Gasteiger partial charge on any atom is -0.450 e. The molecule has 0 aromatic heterocycles. The third-order valence-corrected chi connectivity index (χ3v) is 4.19. The molecule has 1 aliphatic heterocycles. The number of carbonyl (C=O) groups excluding carboxylic acids is 2. The van der Waals surface area contributed by atoms with Crippen LogP contribution in [0.3, 0.4) is 0 Å². The van der Waals surface area contributed by atoms with Gasteiger partial charge in [-0.3, -0.25) is 0 Å². The van der Waals surface area contributed by atoms with Crippen LogP contribution in [-0.4, -0.2) is 54.7 Å². The molecule has 1 saturated heterocycles. The highest BCUT2D eigenvalue weighted by Crippen LogP contribution is 2.16. The van der Waals surface area contributed by atoms with E-state index in [9.17, 15) is 9.59 Å². The summed E-state index contributed by atoms with van der Waals surface area (Å²) in [6.07, 6.45) is 3.14. The summed E-state index contributed by atoms with van der Waals surface area (Å²) in [7, 11) is 0. The number of ether oxygens (including phenoxy) is 1. The zero-order valence-corrected chi connectivity index (χ0v) is 14.6. The first-order chi connectivity index (χ1) is 11.1. The fraction of sp³-hybridized carbons (Fsp3) is 0.375. The molecule has 3 amide bonds. The Balaban J connectivity index is 1.79. The Hall–Kier alpha value is -2.02. The SMILES string of the molecule is CCOC(=O)N1CCN(C(=O)N/C=C/c2ccccc2Br)CC1. The van der Waals surface area contributed by atoms with Gasteiger partial charge in [0.05, 0.1) is 6.61 Å². The van der Waals surface area contributed by atoms with Gasteiger partial charge in [0.1, 0.15) is 0 Å². The van der Waals surface area contributed by atoms with E-state index in [1.807, 2.05) is 30.3 Å². The first kappa shape index (κ1) is 17.3. The van der Waals surface area contributed by atoms with Crippen LogP contribution < -0.4 is 5.32 Å². The van der Waals surface area contributed by atoms with Crippen molar-refractivity contribution in [1.29, 1.82) is 0 Å². The van der Waals surface area contributed by atoms with E-state index in [1.165, 1.54) is 0 Å². The molecule has 0 bridgehead atoms. The zero-order valence-electron chi connectivity index (χ0n) is 13.0. The van der Waals surface area contributed by atoms with Gasteiger partial charge in [-0.25, -0.2) is 9.59 Å². The van der Waals surface area contributed by atoms with Crippen molar-refractivity contribution in [3.8, 4) is 0 Å². The molecule has 1 aliphatic rings. The Kier molecular flexibility index (Phi) is 6.46. The van der Waals surface area contributed by atoms with Crippen LogP contribution in [0.1, 0.15) is 12.5 Å². The molecule has 1 aromatic carbocycles. The lowest BCUT2D eigenvalue weighted by atomic mass is 10.2. The maximum atomic E-state index is 12.1. The fourth-order valence-electron chi connectivity index (χ4n) is 2.21. The minimum atomic E-state index is -0.318. The van der Waals surface area contributed by atoms with Crippen LogP contribution in [0.25, 0.3) is 6.08 Å². The molecule has 1 N–H and O–H groups in total. The highest BCUT2D eigenvalue weighted by Gasteiger charge is 2.24. The third-order valence-electron chi connectivity index (χ3n) is 3.47. The second kappa shape index (κ2) is 8.57. The predicted molar refractivity (Wildman–Crippen MR) is 91.9 cm³/mol. The number of carbonyl (C=O) groups is 2. The van der Waals surface area contributed by atoms with Crippen molar-refractivity contribution < 1.29 is 14.3 Å². The van der Waals surface area contributed by atoms with E-state index in [4.69, 9.17) is 4.74 Å². The number of piperazine rings is 1. The Labute approximate surface area is 144 Å². The lowest BCUT2D eigenvalue weighted by molar-refractivity contribution is 0.0856. The van der Waals surface area contributed by atoms with Crippen molar-refractivity contribution in [2.75, 3.05) is 32.8 Å². The molecule has 7 heteroatoms. The van der Waals surface area contributed by atoms with Crippen molar-refractivity contribution in [1.82, 2.24) is 15.1 Å². The van der Waals surface area contributed by atoms with Crippen LogP contribution in [0.4, 0.5) is 9.59 Å². The molecule has 1 fully saturated rings. The van der Waals surface area contributed by atoms with Gasteiger partial charge >= 0.3 is 12.1 Å². The van der Waals surface area contributed by atoms with Crippen LogP contribution in [0, 0.1) is 0 Å². The molecule has 0 aliphatic carbocycles. The van der Waals surface area contributed by atoms with E-state index in [0.717, 1.165) is 10.0 Å². The molecule has 0 unspecified atom stereocenters. The van der Waals surface area contributed by atoms with E-state index in [-0.39, 0.29) is 12.1 Å². The number of urea groups is 1. The minimum absolute atomic E-state index is 0.170. The van der Waals surface area contributed by atoms with E-state index in [0.29, 0.717) is 32.8 Å². The summed E-state index contributed by atoms with van der Waals surface area (Å²) in [5, 5.41) is 2.75. The topological polar surface area (TPSA) is 61.9 Å². The lowest BCUT2D eigenvalue weighted by Gasteiger charge is -2.33. The van der Waals surface area contributed by atoms with E-state index in [2.05, 4.69) is 21.2 Å². The van der Waals surface area contributed by atoms with Crippen molar-refractivity contribution in [3.05, 3.63) is 40.5 Å². The first-order valence-electron chi connectivity index (χ1n) is 7.50. The summed E-state index contributed by atoms with van der Waals surface area (Å²) < 4.78 is 5.92. The number of hydrogen-bond acceptors (Lipinski definition) is 3. The molecule has 0 saturated carbocycles. The van der Waals surface area contributed by atoms with Crippen LogP contribution in [0.5, 0.6) is 0 Å². The summed E-state index contributed by atoms with van der Waals surface area (Å²) in [4.78, 5) is 27.0. The van der Waals surface area contributed by atoms with Gasteiger partial charge in [-0.2, -0.15) is 0 Å². The highest BCUT2D eigenvalue weighted by atomic mass is 79.9. The Morgan fingerprint density at radius 3 is 2.52 bits per heavy atom. The highest BCUT2D eigenvalue weighted by molar-refractivity contribution is 9.10. The van der Waals surface area contributed by atoms with E-state index in [1.54, 1.807) is 22.9 Å². The summed E-state index contributed by atoms with van der Waals surface area (Å²) in [5.41, 5.74) is 0.986. The summed E-state index contributed by atoms with van der Waals surface area (Å²) >= 11 is 3.45. The van der Waals surface area contributed by atoms with Crippen LogP contribution in [0.2, 0.25) is 0 Å². The number of nitrogens with one attached hydrogen (secondary N) is 1. The Morgan fingerprint density at radius 1 is 1.22 bits per heavy atom. The van der Waals surface area contributed by atoms with Crippen LogP contribution >= 0.6 is 15.9 Å². The van der Waals surface area contributed by atoms with Crippen molar-refractivity contribution in [2.45, 2.75) is 6.92 Å². The van der Waals surface area contributed by atoms with Gasteiger partial charge < -0.3 is 19.9 Å². The number of hydrogen-bond donors (Lipinski definition) is 1. The molecule has 0 atom stereocenters. The van der Waals surface area contributed by atoms with Gasteiger partial charge in [-0.1, -0.05) is 34.1 Å². The molecule has 1 aromatic rings. The van der Waals surface area contributed by atoms with E-state index < -0.39 is 0 Å². The number of nitrogens with zero attached hydrogens (tertiary/aromatic N) is 2. The average Bonchev–Trinajstić information content (AvgIpc) is 2.57. The van der Waals surface area contributed by atoms with Crippen molar-refractivity contribution in [2.24, 2.45) is 0 Å². The summed E-state index contributed by atoms with van der Waals surface area (Å²) in [5.74, 6) is 0. The Morgan fingerprint density at radius 2 is 1.87 bits per heavy atom. The molecular formula is C16H20BrN3O3. The molecule has 0 radical (unpaired) electrons. The first-order valence-corrected chi connectivity index (χ1v) is 8.29. The molecule has 0 spiro atoms. The average molecular weight is 382 g/mol. The normalized spacial score (nSPS) is 14.9. The Bertz CT molecular complexity index is 584. The third kappa shape index (κ3) is 4.99. The van der Waals surface area contributed by atoms with Gasteiger partial charge in [0, 0.05) is 36.9 Å². The van der Waals surface area contributed by atoms with Crippen molar-refractivity contribution in [3.63, 3.8) is 0 Å². The number of amides is 3. The van der Waals surface area contributed by atoms with E-state index >= 15 is 0 Å². The fourth-order valence-corrected chi connectivity index (χ4v) is 2.63. The largest absolute Gasteiger partial charge is 0.450 e. The van der Waals surface area contributed by atoms with Gasteiger partial charge in [-0.15, -0.1) is 0 Å². The maximum absolute atomic E-state index is 12.1. The van der Waals surface area contributed by atoms with Crippen LogP contribution in [0.15, 0.2) is 34.9 Å². The molecule has 23 heavy (non-hydrogen) atoms. The predicted octanol–water partition coefficient (Wildman–Crippen LogP) is 2.90. The number of rotatable bonds is 3. The van der Waals surface area contributed by atoms with Gasteiger partial charge in [0.25, 0.3) is 0 Å².